The third-order valence-electron chi connectivity index (χ3n) is 7.53. The highest BCUT2D eigenvalue weighted by Gasteiger charge is 2.62. The van der Waals surface area contributed by atoms with E-state index in [0.29, 0.717) is 31.2 Å². The Morgan fingerprint density at radius 1 is 1.20 bits per heavy atom. The Hall–Kier alpha value is -1.81. The molecule has 1 saturated heterocycles. The van der Waals surface area contributed by atoms with Crippen LogP contribution in [-0.4, -0.2) is 51.8 Å². The van der Waals surface area contributed by atoms with Gasteiger partial charge in [-0.3, -0.25) is 4.79 Å². The Morgan fingerprint density at radius 2 is 1.87 bits per heavy atom. The monoisotopic (exact) mass is 417 g/mol. The van der Waals surface area contributed by atoms with E-state index in [1.165, 1.54) is 0 Å². The van der Waals surface area contributed by atoms with Gasteiger partial charge in [0, 0.05) is 12.0 Å². The zero-order valence-electron chi connectivity index (χ0n) is 18.4. The van der Waals surface area contributed by atoms with Crippen LogP contribution >= 0.6 is 0 Å². The Bertz CT molecular complexity index is 739. The van der Waals surface area contributed by atoms with Crippen molar-refractivity contribution >= 4 is 12.0 Å². The maximum Gasteiger partial charge on any atom is 0.408 e. The normalized spacial score (nSPS) is 38.6. The lowest BCUT2D eigenvalue weighted by atomic mass is 9.46. The number of carbonyl (C=O) groups excluding carboxylic acids is 2. The average molecular weight is 418 g/mol. The molecule has 1 heterocycles. The van der Waals surface area contributed by atoms with E-state index in [2.05, 4.69) is 11.4 Å². The van der Waals surface area contributed by atoms with Crippen LogP contribution in [0.15, 0.2) is 0 Å². The fraction of sp³-hybridized carbons (Fsp3) is 0.870. The lowest BCUT2D eigenvalue weighted by Gasteiger charge is -2.62. The Labute approximate surface area is 179 Å². The number of ether oxygens (including phenoxy) is 1. The van der Waals surface area contributed by atoms with Crippen molar-refractivity contribution in [3.8, 4) is 6.07 Å². The summed E-state index contributed by atoms with van der Waals surface area (Å²) in [6, 6.07) is 1.06. The van der Waals surface area contributed by atoms with Gasteiger partial charge in [0.15, 0.2) is 0 Å². The number of hydrogen-bond donors (Lipinski definition) is 2. The van der Waals surface area contributed by atoms with Crippen molar-refractivity contribution in [2.75, 3.05) is 6.54 Å². The summed E-state index contributed by atoms with van der Waals surface area (Å²) in [6.45, 7) is 5.93. The van der Waals surface area contributed by atoms with Gasteiger partial charge >= 0.3 is 6.09 Å². The third kappa shape index (κ3) is 4.03. The second-order valence-corrected chi connectivity index (χ2v) is 11.3. The van der Waals surface area contributed by atoms with E-state index in [9.17, 15) is 20.0 Å². The Kier molecular flexibility index (Phi) is 5.29. The molecule has 166 valence electrons. The Balaban J connectivity index is 1.65. The summed E-state index contributed by atoms with van der Waals surface area (Å²) in [5.41, 5.74) is -1.88. The number of nitriles is 1. The molecule has 5 rings (SSSR count). The number of nitrogens with one attached hydrogen (secondary N) is 1. The summed E-state index contributed by atoms with van der Waals surface area (Å²) in [5.74, 6) is 0.595. The standard InChI is InChI=1S/C23H35N3O4/c1-21(2,3)30-20(28)25-18(19(27)26-7-5-4-6-17(26)13-24)22-9-15-8-16(10-22)12-23(29,11-15)14-22/h15-18,29H,4-12,14H2,1-3H3,(H,25,28)/t15-,16+,17-,18+,22?,23?/m0/s1. The van der Waals surface area contributed by atoms with E-state index in [0.717, 1.165) is 44.9 Å². The van der Waals surface area contributed by atoms with E-state index in [-0.39, 0.29) is 5.91 Å². The number of alkyl carbamates (subject to hydrolysis) is 1. The molecular weight excluding hydrogens is 382 g/mol. The number of likely N-dealkylation sites (tertiary alicyclic amines) is 1. The molecule has 5 fully saturated rings. The zero-order chi connectivity index (χ0) is 21.7. The van der Waals surface area contributed by atoms with Crippen molar-refractivity contribution in [2.24, 2.45) is 17.3 Å². The first-order valence-electron chi connectivity index (χ1n) is 11.4. The second kappa shape index (κ2) is 7.40. The smallest absolute Gasteiger partial charge is 0.408 e. The first-order valence-corrected chi connectivity index (χ1v) is 11.4. The topological polar surface area (TPSA) is 103 Å². The van der Waals surface area contributed by atoms with Crippen LogP contribution in [0, 0.1) is 28.6 Å². The van der Waals surface area contributed by atoms with E-state index in [4.69, 9.17) is 4.74 Å². The van der Waals surface area contributed by atoms with Crippen LogP contribution in [0.5, 0.6) is 0 Å². The number of hydrogen-bond acceptors (Lipinski definition) is 5. The third-order valence-corrected chi connectivity index (χ3v) is 7.53. The molecule has 0 aromatic heterocycles. The van der Waals surface area contributed by atoms with Crippen molar-refractivity contribution in [3.63, 3.8) is 0 Å². The quantitative estimate of drug-likeness (QED) is 0.734. The lowest BCUT2D eigenvalue weighted by Crippen LogP contribution is -2.67. The van der Waals surface area contributed by atoms with E-state index >= 15 is 0 Å². The predicted molar refractivity (Wildman–Crippen MR) is 110 cm³/mol. The van der Waals surface area contributed by atoms with E-state index in [1.54, 1.807) is 25.7 Å². The van der Waals surface area contributed by atoms with Crippen LogP contribution in [0.1, 0.15) is 78.6 Å². The molecular formula is C23H35N3O4. The predicted octanol–water partition coefficient (Wildman–Crippen LogP) is 3.12. The minimum Gasteiger partial charge on any atom is -0.444 e. The minimum absolute atomic E-state index is 0.183. The van der Waals surface area contributed by atoms with Crippen LogP contribution in [0.4, 0.5) is 4.79 Å². The molecule has 2 amide bonds. The fourth-order valence-electron chi connectivity index (χ4n) is 7.02. The number of carbonyl (C=O) groups is 2. The number of amides is 2. The van der Waals surface area contributed by atoms with Crippen molar-refractivity contribution in [2.45, 2.75) is 102 Å². The fourth-order valence-corrected chi connectivity index (χ4v) is 7.02. The first-order chi connectivity index (χ1) is 14.0. The maximum absolute atomic E-state index is 13.8. The Morgan fingerprint density at radius 3 is 2.43 bits per heavy atom. The summed E-state index contributed by atoms with van der Waals surface area (Å²) < 4.78 is 5.50. The van der Waals surface area contributed by atoms with Crippen LogP contribution < -0.4 is 5.32 Å². The molecule has 4 aliphatic carbocycles. The molecule has 6 atom stereocenters. The van der Waals surface area contributed by atoms with Gasteiger partial charge in [-0.05, 0) is 90.4 Å². The molecule has 0 aromatic carbocycles. The summed E-state index contributed by atoms with van der Waals surface area (Å²) in [6.07, 6.45) is 6.76. The van der Waals surface area contributed by atoms with Gasteiger partial charge in [-0.25, -0.2) is 4.79 Å². The first kappa shape index (κ1) is 21.4. The molecule has 5 aliphatic rings. The highest BCUT2D eigenvalue weighted by molar-refractivity contribution is 5.87. The number of piperidine rings is 1. The summed E-state index contributed by atoms with van der Waals surface area (Å²) in [4.78, 5) is 28.2. The summed E-state index contributed by atoms with van der Waals surface area (Å²) in [5, 5.41) is 23.7. The molecule has 2 N–H and O–H groups in total. The van der Waals surface area contributed by atoms with Gasteiger partial charge < -0.3 is 20.1 Å². The highest BCUT2D eigenvalue weighted by Crippen LogP contribution is 2.63. The molecule has 1 aliphatic heterocycles. The molecule has 4 bridgehead atoms. The zero-order valence-corrected chi connectivity index (χ0v) is 18.4. The van der Waals surface area contributed by atoms with Gasteiger partial charge in [-0.1, -0.05) is 0 Å². The largest absolute Gasteiger partial charge is 0.444 e. The molecule has 7 heteroatoms. The summed E-state index contributed by atoms with van der Waals surface area (Å²) >= 11 is 0. The van der Waals surface area contributed by atoms with Crippen LogP contribution in [-0.2, 0) is 9.53 Å². The molecule has 2 unspecified atom stereocenters. The van der Waals surface area contributed by atoms with Crippen LogP contribution in [0.3, 0.4) is 0 Å². The SMILES string of the molecule is CC(C)(C)OC(=O)N[C@H](C(=O)N1CCCC[C@H]1C#N)C12C[C@@H]3C[C@@H](CC(O)(C3)C1)C2. The number of rotatable bonds is 3. The minimum atomic E-state index is -0.765. The van der Waals surface area contributed by atoms with Crippen molar-refractivity contribution in [3.05, 3.63) is 0 Å². The number of nitrogens with zero attached hydrogens (tertiary/aromatic N) is 2. The van der Waals surface area contributed by atoms with Gasteiger partial charge in [0.25, 0.3) is 0 Å². The average Bonchev–Trinajstić information content (AvgIpc) is 2.62. The number of aliphatic hydroxyl groups is 1. The van der Waals surface area contributed by atoms with Gasteiger partial charge in [0.2, 0.25) is 5.91 Å². The van der Waals surface area contributed by atoms with Crippen LogP contribution in [0.2, 0.25) is 0 Å². The van der Waals surface area contributed by atoms with Gasteiger partial charge in [0.1, 0.15) is 17.7 Å². The van der Waals surface area contributed by atoms with E-state index in [1.807, 2.05) is 0 Å². The highest BCUT2D eigenvalue weighted by atomic mass is 16.6. The van der Waals surface area contributed by atoms with Crippen molar-refractivity contribution in [1.29, 1.82) is 5.26 Å². The maximum atomic E-state index is 13.8. The second-order valence-electron chi connectivity index (χ2n) is 11.3. The molecule has 30 heavy (non-hydrogen) atoms. The van der Waals surface area contributed by atoms with Gasteiger partial charge in [-0.15, -0.1) is 0 Å². The summed E-state index contributed by atoms with van der Waals surface area (Å²) in [7, 11) is 0. The van der Waals surface area contributed by atoms with Crippen LogP contribution in [0.25, 0.3) is 0 Å². The molecule has 0 radical (unpaired) electrons. The van der Waals surface area contributed by atoms with Crippen molar-refractivity contribution in [1.82, 2.24) is 10.2 Å². The lowest BCUT2D eigenvalue weighted by molar-refractivity contribution is -0.180. The van der Waals surface area contributed by atoms with Gasteiger partial charge in [-0.2, -0.15) is 5.26 Å². The van der Waals surface area contributed by atoms with E-state index < -0.39 is 34.8 Å². The van der Waals surface area contributed by atoms with Crippen molar-refractivity contribution < 1.29 is 19.4 Å². The molecule has 7 nitrogen and oxygen atoms in total. The van der Waals surface area contributed by atoms with Gasteiger partial charge in [0.05, 0.1) is 11.7 Å². The molecule has 0 spiro atoms. The molecule has 4 saturated carbocycles. The molecule has 0 aromatic rings.